The zero-order chi connectivity index (χ0) is 20.8. The fraction of sp³-hybridized carbons (Fsp3) is 0.200. The first-order valence-corrected chi connectivity index (χ1v) is 10.0. The second-order valence-corrected chi connectivity index (χ2v) is 7.90. The van der Waals surface area contributed by atoms with Crippen LogP contribution in [-0.2, 0) is 6.61 Å². The maximum absolute atomic E-state index is 12.2. The number of aromatic nitrogens is 2. The second-order valence-electron chi connectivity index (χ2n) is 6.40. The maximum Gasteiger partial charge on any atom is 0.286 e. The van der Waals surface area contributed by atoms with Gasteiger partial charge in [0, 0.05) is 22.3 Å². The molecule has 0 saturated carbocycles. The maximum atomic E-state index is 12.2. The Morgan fingerprint density at radius 3 is 2.38 bits per heavy atom. The third kappa shape index (κ3) is 6.00. The lowest BCUT2D eigenvalue weighted by Gasteiger charge is -2.09. The molecule has 2 N–H and O–H groups in total. The van der Waals surface area contributed by atoms with Crippen LogP contribution in [0.2, 0.25) is 5.02 Å². The predicted molar refractivity (Wildman–Crippen MR) is 113 cm³/mol. The number of benzene rings is 2. The van der Waals surface area contributed by atoms with Crippen LogP contribution in [0.25, 0.3) is 0 Å². The van der Waals surface area contributed by atoms with Gasteiger partial charge >= 0.3 is 0 Å². The number of hydrogen-bond donors (Lipinski definition) is 2. The SMILES string of the molecule is CC(C)NC(=O)c1ccc(OCc2nnc(C(=O)Nc3ccc(Cl)cc3)s2)cc1. The summed E-state index contributed by atoms with van der Waals surface area (Å²) in [5, 5.41) is 14.8. The lowest BCUT2D eigenvalue weighted by Crippen LogP contribution is -2.29. The van der Waals surface area contributed by atoms with E-state index in [4.69, 9.17) is 16.3 Å². The molecule has 0 spiro atoms. The average Bonchev–Trinajstić information content (AvgIpc) is 3.17. The van der Waals surface area contributed by atoms with Gasteiger partial charge in [0.2, 0.25) is 5.01 Å². The number of amides is 2. The molecule has 0 radical (unpaired) electrons. The molecule has 7 nitrogen and oxygen atoms in total. The molecule has 0 saturated heterocycles. The van der Waals surface area contributed by atoms with Gasteiger partial charge in [-0.1, -0.05) is 22.9 Å². The number of rotatable bonds is 7. The molecule has 0 unspecified atom stereocenters. The zero-order valence-corrected chi connectivity index (χ0v) is 17.4. The minimum Gasteiger partial charge on any atom is -0.486 e. The first kappa shape index (κ1) is 20.8. The predicted octanol–water partition coefficient (Wildman–Crippen LogP) is 4.16. The van der Waals surface area contributed by atoms with Crippen LogP contribution in [0.3, 0.4) is 0 Å². The van der Waals surface area contributed by atoms with Gasteiger partial charge < -0.3 is 15.4 Å². The molecule has 0 aliphatic carbocycles. The molecular weight excluding hydrogens is 412 g/mol. The van der Waals surface area contributed by atoms with Gasteiger partial charge in [-0.05, 0) is 62.4 Å². The molecule has 0 bridgehead atoms. The van der Waals surface area contributed by atoms with E-state index in [1.165, 1.54) is 0 Å². The summed E-state index contributed by atoms with van der Waals surface area (Å²) in [5.74, 6) is 0.108. The molecule has 3 aromatic rings. The van der Waals surface area contributed by atoms with Crippen LogP contribution in [0.1, 0.15) is 39.0 Å². The van der Waals surface area contributed by atoms with Crippen LogP contribution >= 0.6 is 22.9 Å². The minimum atomic E-state index is -0.350. The fourth-order valence-electron chi connectivity index (χ4n) is 2.31. The van der Waals surface area contributed by atoms with E-state index in [1.54, 1.807) is 48.5 Å². The molecule has 3 rings (SSSR count). The molecule has 2 amide bonds. The van der Waals surface area contributed by atoms with Crippen molar-refractivity contribution in [2.75, 3.05) is 5.32 Å². The Hall–Kier alpha value is -2.97. The number of carbonyl (C=O) groups excluding carboxylic acids is 2. The summed E-state index contributed by atoms with van der Waals surface area (Å²) in [4.78, 5) is 24.2. The van der Waals surface area contributed by atoms with E-state index in [-0.39, 0.29) is 29.5 Å². The molecule has 2 aromatic carbocycles. The van der Waals surface area contributed by atoms with Gasteiger partial charge in [0.15, 0.2) is 5.01 Å². The second kappa shape index (κ2) is 9.49. The first-order valence-electron chi connectivity index (χ1n) is 8.84. The zero-order valence-electron chi connectivity index (χ0n) is 15.8. The highest BCUT2D eigenvalue weighted by Gasteiger charge is 2.14. The van der Waals surface area contributed by atoms with E-state index in [0.29, 0.717) is 27.0 Å². The van der Waals surface area contributed by atoms with Gasteiger partial charge in [-0.15, -0.1) is 10.2 Å². The van der Waals surface area contributed by atoms with Gasteiger partial charge in [0.1, 0.15) is 12.4 Å². The molecule has 0 atom stereocenters. The lowest BCUT2D eigenvalue weighted by atomic mass is 10.2. The molecule has 0 aliphatic heterocycles. The molecule has 0 fully saturated rings. The molecule has 9 heteroatoms. The Labute approximate surface area is 177 Å². The van der Waals surface area contributed by atoms with E-state index in [2.05, 4.69) is 20.8 Å². The third-order valence-corrected chi connectivity index (χ3v) is 4.81. The number of anilines is 1. The number of nitrogens with zero attached hydrogens (tertiary/aromatic N) is 2. The van der Waals surface area contributed by atoms with Crippen molar-refractivity contribution in [3.8, 4) is 5.75 Å². The Balaban J connectivity index is 1.54. The van der Waals surface area contributed by atoms with Gasteiger partial charge in [-0.3, -0.25) is 9.59 Å². The monoisotopic (exact) mass is 430 g/mol. The fourth-order valence-corrected chi connectivity index (χ4v) is 3.09. The summed E-state index contributed by atoms with van der Waals surface area (Å²) in [6, 6.07) is 13.7. The summed E-state index contributed by atoms with van der Waals surface area (Å²) in [7, 11) is 0. The van der Waals surface area contributed by atoms with Crippen molar-refractivity contribution in [3.63, 3.8) is 0 Å². The molecule has 0 aliphatic rings. The minimum absolute atomic E-state index is 0.0712. The summed E-state index contributed by atoms with van der Waals surface area (Å²) < 4.78 is 5.66. The van der Waals surface area contributed by atoms with E-state index >= 15 is 0 Å². The van der Waals surface area contributed by atoms with Crippen LogP contribution in [0.5, 0.6) is 5.75 Å². The van der Waals surface area contributed by atoms with Gasteiger partial charge in [0.25, 0.3) is 11.8 Å². The normalized spacial score (nSPS) is 10.6. The largest absolute Gasteiger partial charge is 0.486 e. The standard InChI is InChI=1S/C20H19ClN4O3S/c1-12(2)22-18(26)13-3-9-16(10-4-13)28-11-17-24-25-20(29-17)19(27)23-15-7-5-14(21)6-8-15/h3-10,12H,11H2,1-2H3,(H,22,26)(H,23,27). The van der Waals surface area contributed by atoms with Crippen LogP contribution in [-0.4, -0.2) is 28.1 Å². The van der Waals surface area contributed by atoms with Gasteiger partial charge in [-0.25, -0.2) is 0 Å². The van der Waals surface area contributed by atoms with Crippen molar-refractivity contribution in [1.29, 1.82) is 0 Å². The third-order valence-electron chi connectivity index (χ3n) is 3.66. The highest BCUT2D eigenvalue weighted by atomic mass is 35.5. The summed E-state index contributed by atoms with van der Waals surface area (Å²) >= 11 is 6.98. The van der Waals surface area contributed by atoms with Crippen LogP contribution < -0.4 is 15.4 Å². The lowest BCUT2D eigenvalue weighted by molar-refractivity contribution is 0.0942. The van der Waals surface area contributed by atoms with Gasteiger partial charge in [0.05, 0.1) is 0 Å². The number of ether oxygens (including phenoxy) is 1. The number of hydrogen-bond acceptors (Lipinski definition) is 6. The number of carbonyl (C=O) groups is 2. The molecular formula is C20H19ClN4O3S. The quantitative estimate of drug-likeness (QED) is 0.587. The van der Waals surface area contributed by atoms with Crippen molar-refractivity contribution in [3.05, 3.63) is 69.1 Å². The molecule has 1 heterocycles. The van der Waals surface area contributed by atoms with E-state index in [9.17, 15) is 9.59 Å². The van der Waals surface area contributed by atoms with Crippen molar-refractivity contribution in [1.82, 2.24) is 15.5 Å². The van der Waals surface area contributed by atoms with Crippen LogP contribution in [0, 0.1) is 0 Å². The molecule has 29 heavy (non-hydrogen) atoms. The van der Waals surface area contributed by atoms with E-state index in [1.807, 2.05) is 13.8 Å². The summed E-state index contributed by atoms with van der Waals surface area (Å²) in [6.07, 6.45) is 0. The Morgan fingerprint density at radius 2 is 1.72 bits per heavy atom. The highest BCUT2D eigenvalue weighted by Crippen LogP contribution is 2.18. The highest BCUT2D eigenvalue weighted by molar-refractivity contribution is 7.13. The Bertz CT molecular complexity index is 988. The van der Waals surface area contributed by atoms with Crippen molar-refractivity contribution >= 4 is 40.4 Å². The van der Waals surface area contributed by atoms with Crippen molar-refractivity contribution < 1.29 is 14.3 Å². The van der Waals surface area contributed by atoms with Crippen LogP contribution in [0.15, 0.2) is 48.5 Å². The van der Waals surface area contributed by atoms with Crippen molar-refractivity contribution in [2.45, 2.75) is 26.5 Å². The smallest absolute Gasteiger partial charge is 0.286 e. The van der Waals surface area contributed by atoms with E-state index < -0.39 is 0 Å². The number of nitrogens with one attached hydrogen (secondary N) is 2. The average molecular weight is 431 g/mol. The first-order chi connectivity index (χ1) is 13.9. The Morgan fingerprint density at radius 1 is 1.03 bits per heavy atom. The number of halogens is 1. The van der Waals surface area contributed by atoms with Gasteiger partial charge in [-0.2, -0.15) is 0 Å². The Kier molecular flexibility index (Phi) is 6.79. The molecule has 150 valence electrons. The summed E-state index contributed by atoms with van der Waals surface area (Å²) in [5.41, 5.74) is 1.18. The summed E-state index contributed by atoms with van der Waals surface area (Å²) in [6.45, 7) is 3.98. The topological polar surface area (TPSA) is 93.2 Å². The van der Waals surface area contributed by atoms with E-state index in [0.717, 1.165) is 11.3 Å². The van der Waals surface area contributed by atoms with Crippen LogP contribution in [0.4, 0.5) is 5.69 Å². The van der Waals surface area contributed by atoms with Crippen molar-refractivity contribution in [2.24, 2.45) is 0 Å². The molecule has 1 aromatic heterocycles.